The van der Waals surface area contributed by atoms with Gasteiger partial charge in [-0.3, -0.25) is 4.68 Å². The van der Waals surface area contributed by atoms with Crippen molar-refractivity contribution in [3.05, 3.63) is 27.6 Å². The monoisotopic (exact) mass is 292 g/mol. The molecular formula is C8H9IN2O2. The van der Waals surface area contributed by atoms with E-state index in [-0.39, 0.29) is 5.69 Å². The van der Waals surface area contributed by atoms with Crippen molar-refractivity contribution in [2.75, 3.05) is 0 Å². The summed E-state index contributed by atoms with van der Waals surface area (Å²) < 4.78 is 2.31. The Labute approximate surface area is 89.4 Å². The summed E-state index contributed by atoms with van der Waals surface area (Å²) in [7, 11) is 0. The fraction of sp³-hybridized carbons (Fsp3) is 0.250. The first-order valence-corrected chi connectivity index (χ1v) is 4.73. The van der Waals surface area contributed by atoms with Gasteiger partial charge in [0.1, 0.15) is 0 Å². The summed E-state index contributed by atoms with van der Waals surface area (Å²) in [5.74, 6) is -0.990. The average molecular weight is 292 g/mol. The second-order valence-corrected chi connectivity index (χ2v) is 3.60. The van der Waals surface area contributed by atoms with Crippen LogP contribution in [0.5, 0.6) is 0 Å². The number of rotatable bonds is 3. The molecule has 1 aromatic heterocycles. The first-order valence-electron chi connectivity index (χ1n) is 3.65. The molecule has 1 aromatic rings. The number of allylic oxidation sites excluding steroid dienone is 1. The Morgan fingerprint density at radius 2 is 2.46 bits per heavy atom. The Hall–Kier alpha value is -0.850. The normalized spacial score (nSPS) is 10.0. The number of hydrogen-bond acceptors (Lipinski definition) is 2. The first-order chi connectivity index (χ1) is 6.07. The molecule has 0 aliphatic rings. The summed E-state index contributed by atoms with van der Waals surface area (Å²) in [5, 5.41) is 12.7. The van der Waals surface area contributed by atoms with Gasteiger partial charge >= 0.3 is 5.97 Å². The number of carbonyl (C=O) groups is 1. The zero-order valence-electron chi connectivity index (χ0n) is 7.12. The predicted octanol–water partition coefficient (Wildman–Crippen LogP) is 1.68. The molecule has 1 rings (SSSR count). The largest absolute Gasteiger partial charge is 0.476 e. The van der Waals surface area contributed by atoms with Crippen molar-refractivity contribution in [3.8, 4) is 0 Å². The minimum atomic E-state index is -0.990. The zero-order chi connectivity index (χ0) is 10.0. The lowest BCUT2D eigenvalue weighted by molar-refractivity contribution is 0.0688. The molecule has 0 radical (unpaired) electrons. The van der Waals surface area contributed by atoms with Crippen molar-refractivity contribution in [1.82, 2.24) is 9.78 Å². The van der Waals surface area contributed by atoms with Gasteiger partial charge in [-0.05, 0) is 29.5 Å². The van der Waals surface area contributed by atoms with Crippen LogP contribution in [-0.2, 0) is 6.54 Å². The zero-order valence-corrected chi connectivity index (χ0v) is 9.28. The summed E-state index contributed by atoms with van der Waals surface area (Å²) in [6, 6.07) is 0. The maximum Gasteiger partial charge on any atom is 0.357 e. The molecule has 1 N–H and O–H groups in total. The van der Waals surface area contributed by atoms with Crippen molar-refractivity contribution in [2.24, 2.45) is 0 Å². The minimum Gasteiger partial charge on any atom is -0.476 e. The Balaban J connectivity index is 3.19. The number of carboxylic acids is 1. The number of halogens is 1. The van der Waals surface area contributed by atoms with Crippen LogP contribution in [0.2, 0.25) is 0 Å². The van der Waals surface area contributed by atoms with E-state index in [0.29, 0.717) is 10.1 Å². The Kier molecular flexibility index (Phi) is 3.07. The maximum absolute atomic E-state index is 10.7. The van der Waals surface area contributed by atoms with Crippen molar-refractivity contribution in [1.29, 1.82) is 0 Å². The number of hydrogen-bond donors (Lipinski definition) is 1. The molecule has 0 atom stereocenters. The van der Waals surface area contributed by atoms with Crippen LogP contribution in [0.3, 0.4) is 0 Å². The van der Waals surface area contributed by atoms with Gasteiger partial charge in [0, 0.05) is 5.69 Å². The van der Waals surface area contributed by atoms with Crippen molar-refractivity contribution >= 4 is 28.6 Å². The van der Waals surface area contributed by atoms with Crippen LogP contribution in [0, 0.1) is 10.5 Å². The number of carboxylic acid groups (broad SMARTS) is 1. The molecule has 0 saturated carbocycles. The van der Waals surface area contributed by atoms with Crippen LogP contribution < -0.4 is 0 Å². The molecule has 0 unspecified atom stereocenters. The smallest absolute Gasteiger partial charge is 0.357 e. The second-order valence-electron chi connectivity index (χ2n) is 2.52. The van der Waals surface area contributed by atoms with E-state index in [4.69, 9.17) is 5.11 Å². The summed E-state index contributed by atoms with van der Waals surface area (Å²) >= 11 is 1.98. The van der Waals surface area contributed by atoms with Crippen molar-refractivity contribution in [2.45, 2.75) is 13.5 Å². The minimum absolute atomic E-state index is 0.111. The highest BCUT2D eigenvalue weighted by Gasteiger charge is 2.16. The van der Waals surface area contributed by atoms with Crippen LogP contribution in [0.15, 0.2) is 12.7 Å². The van der Waals surface area contributed by atoms with Crippen LogP contribution >= 0.6 is 22.6 Å². The molecule has 70 valence electrons. The van der Waals surface area contributed by atoms with Crippen LogP contribution in [0.4, 0.5) is 0 Å². The molecule has 0 aromatic carbocycles. The van der Waals surface area contributed by atoms with Gasteiger partial charge in [0.15, 0.2) is 5.69 Å². The lowest BCUT2D eigenvalue weighted by Gasteiger charge is -1.97. The topological polar surface area (TPSA) is 55.1 Å². The molecule has 0 aliphatic carbocycles. The molecular weight excluding hydrogens is 283 g/mol. The summed E-state index contributed by atoms with van der Waals surface area (Å²) in [6.07, 6.45) is 1.68. The van der Waals surface area contributed by atoms with E-state index in [0.717, 1.165) is 5.69 Å². The van der Waals surface area contributed by atoms with Gasteiger partial charge in [-0.1, -0.05) is 6.08 Å². The average Bonchev–Trinajstić information content (AvgIpc) is 2.33. The highest BCUT2D eigenvalue weighted by molar-refractivity contribution is 14.1. The molecule has 0 fully saturated rings. The third kappa shape index (κ3) is 1.90. The van der Waals surface area contributed by atoms with Crippen molar-refractivity contribution < 1.29 is 9.90 Å². The number of nitrogens with zero attached hydrogens (tertiary/aromatic N) is 2. The fourth-order valence-corrected chi connectivity index (χ4v) is 1.58. The highest BCUT2D eigenvalue weighted by atomic mass is 127. The Bertz CT molecular complexity index is 357. The lowest BCUT2D eigenvalue weighted by atomic mass is 10.4. The molecule has 0 spiro atoms. The van der Waals surface area contributed by atoms with Crippen molar-refractivity contribution in [3.63, 3.8) is 0 Å². The highest BCUT2D eigenvalue weighted by Crippen LogP contribution is 2.16. The van der Waals surface area contributed by atoms with E-state index >= 15 is 0 Å². The fourth-order valence-electron chi connectivity index (χ4n) is 0.961. The summed E-state index contributed by atoms with van der Waals surface area (Å²) in [4.78, 5) is 10.7. The van der Waals surface area contributed by atoms with Crippen LogP contribution in [-0.4, -0.2) is 20.9 Å². The maximum atomic E-state index is 10.7. The third-order valence-corrected chi connectivity index (χ3v) is 2.93. The van der Waals surface area contributed by atoms with Crippen LogP contribution in [0.1, 0.15) is 16.2 Å². The molecule has 0 aliphatic heterocycles. The summed E-state index contributed by atoms with van der Waals surface area (Å²) in [6.45, 7) is 5.94. The van der Waals surface area contributed by atoms with E-state index in [9.17, 15) is 4.79 Å². The second kappa shape index (κ2) is 3.91. The Morgan fingerprint density at radius 3 is 2.85 bits per heavy atom. The van der Waals surface area contributed by atoms with E-state index in [2.05, 4.69) is 11.7 Å². The van der Waals surface area contributed by atoms with Gasteiger partial charge in [-0.15, -0.1) is 6.58 Å². The van der Waals surface area contributed by atoms with E-state index in [1.54, 1.807) is 10.8 Å². The third-order valence-electron chi connectivity index (χ3n) is 1.64. The molecule has 0 saturated heterocycles. The van der Waals surface area contributed by atoms with Gasteiger partial charge in [-0.25, -0.2) is 4.79 Å². The SMILES string of the molecule is C=CCn1nc(C(=O)O)c(I)c1C. The molecule has 5 heteroatoms. The quantitative estimate of drug-likeness (QED) is 0.681. The predicted molar refractivity (Wildman–Crippen MR) is 56.8 cm³/mol. The summed E-state index contributed by atoms with van der Waals surface area (Å²) in [5.41, 5.74) is 0.970. The lowest BCUT2D eigenvalue weighted by Crippen LogP contribution is -2.02. The molecule has 0 amide bonds. The van der Waals surface area contributed by atoms with Gasteiger partial charge in [-0.2, -0.15) is 5.10 Å². The van der Waals surface area contributed by atoms with Gasteiger partial charge in [0.05, 0.1) is 10.1 Å². The molecule has 1 heterocycles. The molecule has 4 nitrogen and oxygen atoms in total. The molecule has 13 heavy (non-hydrogen) atoms. The van der Waals surface area contributed by atoms with E-state index < -0.39 is 5.97 Å². The van der Waals surface area contributed by atoms with E-state index in [1.807, 2.05) is 29.5 Å². The number of aromatic nitrogens is 2. The Morgan fingerprint density at radius 1 is 1.85 bits per heavy atom. The van der Waals surface area contributed by atoms with Gasteiger partial charge in [0.25, 0.3) is 0 Å². The molecule has 0 bridgehead atoms. The number of aromatic carboxylic acids is 1. The van der Waals surface area contributed by atoms with Gasteiger partial charge in [0.2, 0.25) is 0 Å². The van der Waals surface area contributed by atoms with E-state index in [1.165, 1.54) is 0 Å². The first kappa shape index (κ1) is 10.2. The standard InChI is InChI=1S/C8H9IN2O2/c1-3-4-11-5(2)6(9)7(10-11)8(12)13/h3H,1,4H2,2H3,(H,12,13). The van der Waals surface area contributed by atoms with Gasteiger partial charge < -0.3 is 5.11 Å². The van der Waals surface area contributed by atoms with Crippen LogP contribution in [0.25, 0.3) is 0 Å².